The Kier molecular flexibility index (Phi) is 3.40. The smallest absolute Gasteiger partial charge is 0.128 e. The summed E-state index contributed by atoms with van der Waals surface area (Å²) in [5.74, 6) is 2.27. The van der Waals surface area contributed by atoms with Crippen LogP contribution in [0.3, 0.4) is 0 Å². The lowest BCUT2D eigenvalue weighted by atomic mass is 9.86. The largest absolute Gasteiger partial charge is 0.493 e. The fourth-order valence-corrected chi connectivity index (χ4v) is 3.31. The van der Waals surface area contributed by atoms with E-state index < -0.39 is 0 Å². The highest BCUT2D eigenvalue weighted by atomic mass is 16.5. The quantitative estimate of drug-likeness (QED) is 0.888. The molecule has 0 saturated carbocycles. The molecular weight excluding hydrogens is 238 g/mol. The van der Waals surface area contributed by atoms with E-state index >= 15 is 0 Å². The molecule has 0 spiro atoms. The molecule has 104 valence electrons. The lowest BCUT2D eigenvalue weighted by Crippen LogP contribution is -2.23. The number of hydrogen-bond acceptors (Lipinski definition) is 3. The van der Waals surface area contributed by atoms with E-state index in [9.17, 15) is 0 Å². The van der Waals surface area contributed by atoms with Crippen molar-refractivity contribution in [2.75, 3.05) is 20.3 Å². The number of fused-ring (bicyclic) bond motifs is 2. The van der Waals surface area contributed by atoms with Gasteiger partial charge in [0.2, 0.25) is 0 Å². The molecule has 3 heteroatoms. The van der Waals surface area contributed by atoms with E-state index in [2.05, 4.69) is 19.2 Å². The van der Waals surface area contributed by atoms with Gasteiger partial charge in [-0.05, 0) is 52.1 Å². The van der Waals surface area contributed by atoms with Gasteiger partial charge in [-0.3, -0.25) is 0 Å². The van der Waals surface area contributed by atoms with Gasteiger partial charge in [-0.25, -0.2) is 0 Å². The molecule has 1 N–H and O–H groups in total. The summed E-state index contributed by atoms with van der Waals surface area (Å²) in [4.78, 5) is 0. The summed E-state index contributed by atoms with van der Waals surface area (Å²) in [5.41, 5.74) is 5.37. The number of benzene rings is 1. The van der Waals surface area contributed by atoms with Crippen LogP contribution in [0.2, 0.25) is 0 Å². The van der Waals surface area contributed by atoms with Crippen molar-refractivity contribution in [1.82, 2.24) is 5.32 Å². The van der Waals surface area contributed by atoms with Crippen LogP contribution in [0.4, 0.5) is 0 Å². The van der Waals surface area contributed by atoms with Gasteiger partial charge in [-0.15, -0.1) is 0 Å². The number of hydrogen-bond donors (Lipinski definition) is 1. The minimum atomic E-state index is 0.308. The third-order valence-electron chi connectivity index (χ3n) is 4.41. The molecule has 0 amide bonds. The van der Waals surface area contributed by atoms with Crippen LogP contribution >= 0.6 is 0 Å². The Bertz CT molecular complexity index is 459. The van der Waals surface area contributed by atoms with Crippen molar-refractivity contribution in [2.24, 2.45) is 0 Å². The second kappa shape index (κ2) is 5.04. The van der Waals surface area contributed by atoms with Gasteiger partial charge in [-0.1, -0.05) is 0 Å². The molecule has 3 rings (SSSR count). The maximum Gasteiger partial charge on any atom is 0.128 e. The fourth-order valence-electron chi connectivity index (χ4n) is 3.31. The zero-order chi connectivity index (χ0) is 13.4. The van der Waals surface area contributed by atoms with Crippen LogP contribution in [-0.2, 0) is 12.8 Å². The lowest BCUT2D eigenvalue weighted by Gasteiger charge is -2.31. The maximum atomic E-state index is 6.03. The molecule has 19 heavy (non-hydrogen) atoms. The fraction of sp³-hybridized carbons (Fsp3) is 0.625. The summed E-state index contributed by atoms with van der Waals surface area (Å²) in [6, 6.07) is 0.308. The van der Waals surface area contributed by atoms with Gasteiger partial charge in [0.1, 0.15) is 11.5 Å². The van der Waals surface area contributed by atoms with Gasteiger partial charge < -0.3 is 14.8 Å². The standard InChI is InChI=1S/C16H23NO2/c1-10-12-6-4-9-19-16(12)14(11(2)17-3)13-7-5-8-18-15(10)13/h11,17H,4-9H2,1-3H3. The Hall–Kier alpha value is -1.22. The van der Waals surface area contributed by atoms with E-state index in [-0.39, 0.29) is 0 Å². The van der Waals surface area contributed by atoms with Crippen molar-refractivity contribution in [1.29, 1.82) is 0 Å². The van der Waals surface area contributed by atoms with Crippen molar-refractivity contribution < 1.29 is 9.47 Å². The SMILES string of the molecule is CNC(C)c1c2c(c(C)c3c1OCCC3)OCCC2. The summed E-state index contributed by atoms with van der Waals surface area (Å²) in [6.45, 7) is 6.08. The van der Waals surface area contributed by atoms with Gasteiger partial charge >= 0.3 is 0 Å². The molecule has 3 nitrogen and oxygen atoms in total. The zero-order valence-electron chi connectivity index (χ0n) is 12.1. The number of nitrogens with one attached hydrogen (secondary N) is 1. The predicted octanol–water partition coefficient (Wildman–Crippen LogP) is 2.93. The highest BCUT2D eigenvalue weighted by molar-refractivity contribution is 5.61. The summed E-state index contributed by atoms with van der Waals surface area (Å²) in [7, 11) is 2.01. The van der Waals surface area contributed by atoms with Gasteiger partial charge in [0.15, 0.2) is 0 Å². The molecule has 0 fully saturated rings. The van der Waals surface area contributed by atoms with Crippen molar-refractivity contribution in [3.05, 3.63) is 22.3 Å². The average molecular weight is 261 g/mol. The molecule has 1 aromatic carbocycles. The Balaban J connectivity index is 2.25. The molecule has 0 radical (unpaired) electrons. The van der Waals surface area contributed by atoms with Crippen LogP contribution in [0.1, 0.15) is 48.1 Å². The molecule has 1 aromatic rings. The molecular formula is C16H23NO2. The van der Waals surface area contributed by atoms with E-state index in [1.165, 1.54) is 22.3 Å². The van der Waals surface area contributed by atoms with Gasteiger partial charge in [0.05, 0.1) is 13.2 Å². The van der Waals surface area contributed by atoms with Crippen LogP contribution in [0.15, 0.2) is 0 Å². The van der Waals surface area contributed by atoms with Crippen molar-refractivity contribution in [2.45, 2.75) is 45.6 Å². The minimum absolute atomic E-state index is 0.308. The first-order chi connectivity index (χ1) is 9.24. The normalized spacial score (nSPS) is 18.9. The lowest BCUT2D eigenvalue weighted by molar-refractivity contribution is 0.264. The predicted molar refractivity (Wildman–Crippen MR) is 76.3 cm³/mol. The first-order valence-electron chi connectivity index (χ1n) is 7.35. The Morgan fingerprint density at radius 2 is 1.63 bits per heavy atom. The van der Waals surface area contributed by atoms with Crippen molar-refractivity contribution in [3.63, 3.8) is 0 Å². The van der Waals surface area contributed by atoms with E-state index in [0.717, 1.165) is 50.4 Å². The Morgan fingerprint density at radius 1 is 1.00 bits per heavy atom. The zero-order valence-corrected chi connectivity index (χ0v) is 12.1. The molecule has 2 aliphatic heterocycles. The second-order valence-corrected chi connectivity index (χ2v) is 5.57. The molecule has 1 unspecified atom stereocenters. The highest BCUT2D eigenvalue weighted by Gasteiger charge is 2.29. The number of rotatable bonds is 2. The summed E-state index contributed by atoms with van der Waals surface area (Å²) in [5, 5.41) is 3.37. The first kappa shape index (κ1) is 12.8. The van der Waals surface area contributed by atoms with Gasteiger partial charge in [0.25, 0.3) is 0 Å². The summed E-state index contributed by atoms with van der Waals surface area (Å²) >= 11 is 0. The average Bonchev–Trinajstić information content (AvgIpc) is 2.47. The van der Waals surface area contributed by atoms with Gasteiger partial charge in [0, 0.05) is 22.7 Å². The maximum absolute atomic E-state index is 6.03. The van der Waals surface area contributed by atoms with Crippen molar-refractivity contribution >= 4 is 0 Å². The van der Waals surface area contributed by atoms with Gasteiger partial charge in [-0.2, -0.15) is 0 Å². The third-order valence-corrected chi connectivity index (χ3v) is 4.41. The van der Waals surface area contributed by atoms with Crippen LogP contribution < -0.4 is 14.8 Å². The molecule has 0 saturated heterocycles. The highest BCUT2D eigenvalue weighted by Crippen LogP contribution is 2.45. The van der Waals surface area contributed by atoms with E-state index in [1.807, 2.05) is 7.05 Å². The second-order valence-electron chi connectivity index (χ2n) is 5.57. The Morgan fingerprint density at radius 3 is 2.32 bits per heavy atom. The van der Waals surface area contributed by atoms with Crippen LogP contribution in [0.5, 0.6) is 11.5 Å². The molecule has 0 aliphatic carbocycles. The molecule has 1 atom stereocenters. The van der Waals surface area contributed by atoms with Crippen LogP contribution in [-0.4, -0.2) is 20.3 Å². The van der Waals surface area contributed by atoms with Crippen molar-refractivity contribution in [3.8, 4) is 11.5 Å². The van der Waals surface area contributed by atoms with E-state index in [4.69, 9.17) is 9.47 Å². The number of ether oxygens (including phenoxy) is 2. The first-order valence-corrected chi connectivity index (χ1v) is 7.35. The third kappa shape index (κ3) is 2.00. The molecule has 0 aromatic heterocycles. The topological polar surface area (TPSA) is 30.5 Å². The summed E-state index contributed by atoms with van der Waals surface area (Å²) in [6.07, 6.45) is 4.43. The Labute approximate surface area is 115 Å². The van der Waals surface area contributed by atoms with Crippen LogP contribution in [0, 0.1) is 6.92 Å². The van der Waals surface area contributed by atoms with E-state index in [0.29, 0.717) is 6.04 Å². The van der Waals surface area contributed by atoms with E-state index in [1.54, 1.807) is 0 Å². The monoisotopic (exact) mass is 261 g/mol. The molecule has 2 heterocycles. The molecule has 2 aliphatic rings. The molecule has 0 bridgehead atoms. The van der Waals surface area contributed by atoms with Crippen LogP contribution in [0.25, 0.3) is 0 Å². The summed E-state index contributed by atoms with van der Waals surface area (Å²) < 4.78 is 12.0. The minimum Gasteiger partial charge on any atom is -0.493 e.